The van der Waals surface area contributed by atoms with Gasteiger partial charge in [0.15, 0.2) is 0 Å². The van der Waals surface area contributed by atoms with Gasteiger partial charge in [-0.05, 0) is 38.2 Å². The summed E-state index contributed by atoms with van der Waals surface area (Å²) >= 11 is 0. The van der Waals surface area contributed by atoms with E-state index in [1.54, 1.807) is 4.90 Å². The van der Waals surface area contributed by atoms with Gasteiger partial charge in [-0.15, -0.1) is 0 Å². The first kappa shape index (κ1) is 17.5. The normalized spacial score (nSPS) is 18.1. The van der Waals surface area contributed by atoms with Crippen LogP contribution in [-0.2, 0) is 16.1 Å². The summed E-state index contributed by atoms with van der Waals surface area (Å²) in [7, 11) is 0. The fraction of sp³-hybridized carbons (Fsp3) is 0.579. The van der Waals surface area contributed by atoms with Crippen molar-refractivity contribution in [2.45, 2.75) is 52.6 Å². The average Bonchev–Trinajstić information content (AvgIpc) is 2.53. The predicted molar refractivity (Wildman–Crippen MR) is 91.7 cm³/mol. The van der Waals surface area contributed by atoms with Crippen molar-refractivity contribution in [1.29, 1.82) is 0 Å². The number of nitrogens with zero attached hydrogens (tertiary/aromatic N) is 2. The number of piperidine rings is 1. The first-order valence-corrected chi connectivity index (χ1v) is 8.58. The largest absolute Gasteiger partial charge is 0.342 e. The molecule has 0 spiro atoms. The van der Waals surface area contributed by atoms with Crippen molar-refractivity contribution in [1.82, 2.24) is 9.80 Å². The third-order valence-corrected chi connectivity index (χ3v) is 4.45. The molecule has 2 rings (SSSR count). The maximum Gasteiger partial charge on any atom is 0.232 e. The lowest BCUT2D eigenvalue weighted by Crippen LogP contribution is -2.43. The number of amides is 2. The Balaban J connectivity index is 1.96. The number of benzene rings is 1. The van der Waals surface area contributed by atoms with Crippen LogP contribution in [0, 0.1) is 5.92 Å². The standard InChI is InChI=1S/C19H28N2O2/c1-15(2)21(14-17-9-5-4-6-10-17)19(23)12-18(22)20-11-7-8-16(3)13-20/h4-6,9-10,15-16H,7-8,11-14H2,1-3H3. The molecule has 0 aliphatic carbocycles. The highest BCUT2D eigenvalue weighted by molar-refractivity contribution is 5.97. The van der Waals surface area contributed by atoms with E-state index in [-0.39, 0.29) is 24.3 Å². The number of carbonyl (C=O) groups excluding carboxylic acids is 2. The minimum Gasteiger partial charge on any atom is -0.342 e. The third kappa shape index (κ3) is 5.08. The first-order chi connectivity index (χ1) is 11.0. The Morgan fingerprint density at radius 2 is 1.96 bits per heavy atom. The Morgan fingerprint density at radius 1 is 1.26 bits per heavy atom. The molecule has 1 saturated heterocycles. The summed E-state index contributed by atoms with van der Waals surface area (Å²) in [6, 6.07) is 10.0. The van der Waals surface area contributed by atoms with Crippen molar-refractivity contribution in [2.75, 3.05) is 13.1 Å². The lowest BCUT2D eigenvalue weighted by molar-refractivity contribution is -0.142. The van der Waals surface area contributed by atoms with Crippen molar-refractivity contribution < 1.29 is 9.59 Å². The maximum absolute atomic E-state index is 12.6. The zero-order chi connectivity index (χ0) is 16.8. The molecule has 1 aromatic rings. The van der Waals surface area contributed by atoms with Gasteiger partial charge in [0, 0.05) is 25.7 Å². The zero-order valence-electron chi connectivity index (χ0n) is 14.5. The molecule has 4 heteroatoms. The van der Waals surface area contributed by atoms with Crippen LogP contribution in [0.25, 0.3) is 0 Å². The Morgan fingerprint density at radius 3 is 2.57 bits per heavy atom. The molecule has 1 aromatic carbocycles. The summed E-state index contributed by atoms with van der Waals surface area (Å²) in [5, 5.41) is 0. The summed E-state index contributed by atoms with van der Waals surface area (Å²) in [5.41, 5.74) is 1.09. The molecule has 0 saturated carbocycles. The summed E-state index contributed by atoms with van der Waals surface area (Å²) < 4.78 is 0. The Hall–Kier alpha value is -1.84. The van der Waals surface area contributed by atoms with E-state index in [2.05, 4.69) is 6.92 Å². The topological polar surface area (TPSA) is 40.6 Å². The lowest BCUT2D eigenvalue weighted by atomic mass is 10.00. The molecule has 23 heavy (non-hydrogen) atoms. The van der Waals surface area contributed by atoms with Gasteiger partial charge < -0.3 is 9.80 Å². The van der Waals surface area contributed by atoms with Crippen molar-refractivity contribution in [3.05, 3.63) is 35.9 Å². The molecule has 2 amide bonds. The second-order valence-corrected chi connectivity index (χ2v) is 6.86. The molecule has 1 heterocycles. The third-order valence-electron chi connectivity index (χ3n) is 4.45. The SMILES string of the molecule is CC1CCCN(C(=O)CC(=O)N(Cc2ccccc2)C(C)C)C1. The van der Waals surface area contributed by atoms with Gasteiger partial charge in [-0.2, -0.15) is 0 Å². The van der Waals surface area contributed by atoms with E-state index >= 15 is 0 Å². The maximum atomic E-state index is 12.6. The van der Waals surface area contributed by atoms with Crippen LogP contribution in [0.2, 0.25) is 0 Å². The quantitative estimate of drug-likeness (QED) is 0.783. The summed E-state index contributed by atoms with van der Waals surface area (Å²) in [4.78, 5) is 28.7. The molecular formula is C19H28N2O2. The highest BCUT2D eigenvalue weighted by atomic mass is 16.2. The number of hydrogen-bond acceptors (Lipinski definition) is 2. The number of likely N-dealkylation sites (tertiary alicyclic amines) is 1. The van der Waals surface area contributed by atoms with Gasteiger partial charge in [0.2, 0.25) is 11.8 Å². The predicted octanol–water partition coefficient (Wildman–Crippen LogP) is 3.07. The van der Waals surface area contributed by atoms with E-state index in [0.717, 1.165) is 25.1 Å². The van der Waals surface area contributed by atoms with Gasteiger partial charge >= 0.3 is 0 Å². The van der Waals surface area contributed by atoms with Crippen molar-refractivity contribution in [2.24, 2.45) is 5.92 Å². The zero-order valence-corrected chi connectivity index (χ0v) is 14.5. The van der Waals surface area contributed by atoms with Gasteiger partial charge in [-0.1, -0.05) is 37.3 Å². The summed E-state index contributed by atoms with van der Waals surface area (Å²) in [5.74, 6) is 0.431. The fourth-order valence-corrected chi connectivity index (χ4v) is 3.10. The average molecular weight is 316 g/mol. The second-order valence-electron chi connectivity index (χ2n) is 6.86. The van der Waals surface area contributed by atoms with Crippen LogP contribution < -0.4 is 0 Å². The van der Waals surface area contributed by atoms with Crippen molar-refractivity contribution in [3.8, 4) is 0 Å². The van der Waals surface area contributed by atoms with E-state index in [1.165, 1.54) is 6.42 Å². The molecule has 1 aliphatic heterocycles. The molecule has 4 nitrogen and oxygen atoms in total. The monoisotopic (exact) mass is 316 g/mol. The van der Waals surface area contributed by atoms with Crippen molar-refractivity contribution in [3.63, 3.8) is 0 Å². The molecule has 0 N–H and O–H groups in total. The molecule has 1 atom stereocenters. The molecule has 0 aromatic heterocycles. The molecule has 0 bridgehead atoms. The minimum atomic E-state index is -0.0768. The number of carbonyl (C=O) groups is 2. The van der Waals surface area contributed by atoms with Crippen LogP contribution in [0.3, 0.4) is 0 Å². The highest BCUT2D eigenvalue weighted by Gasteiger charge is 2.25. The van der Waals surface area contributed by atoms with Crippen LogP contribution in [-0.4, -0.2) is 40.7 Å². The van der Waals surface area contributed by atoms with Gasteiger partial charge in [0.05, 0.1) is 0 Å². The van der Waals surface area contributed by atoms with Crippen LogP contribution in [0.5, 0.6) is 0 Å². The van der Waals surface area contributed by atoms with E-state index in [1.807, 2.05) is 49.1 Å². The molecule has 1 unspecified atom stereocenters. The molecule has 0 radical (unpaired) electrons. The highest BCUT2D eigenvalue weighted by Crippen LogP contribution is 2.17. The molecular weight excluding hydrogens is 288 g/mol. The second kappa shape index (κ2) is 8.14. The molecule has 126 valence electrons. The number of rotatable bonds is 5. The van der Waals surface area contributed by atoms with E-state index in [9.17, 15) is 9.59 Å². The Labute approximate surface area is 139 Å². The Bertz CT molecular complexity index is 527. The van der Waals surface area contributed by atoms with Gasteiger partial charge in [-0.25, -0.2) is 0 Å². The fourth-order valence-electron chi connectivity index (χ4n) is 3.10. The van der Waals surface area contributed by atoms with Crippen molar-refractivity contribution >= 4 is 11.8 Å². The Kier molecular flexibility index (Phi) is 6.20. The number of hydrogen-bond donors (Lipinski definition) is 0. The lowest BCUT2D eigenvalue weighted by Gasteiger charge is -2.32. The smallest absolute Gasteiger partial charge is 0.232 e. The molecule has 1 aliphatic rings. The molecule has 1 fully saturated rings. The van der Waals surface area contributed by atoms with Gasteiger partial charge in [-0.3, -0.25) is 9.59 Å². The van der Waals surface area contributed by atoms with Crippen LogP contribution in [0.1, 0.15) is 45.6 Å². The van der Waals surface area contributed by atoms with Gasteiger partial charge in [0.25, 0.3) is 0 Å². The van der Waals surface area contributed by atoms with E-state index in [4.69, 9.17) is 0 Å². The van der Waals surface area contributed by atoms with Crippen LogP contribution in [0.15, 0.2) is 30.3 Å². The first-order valence-electron chi connectivity index (χ1n) is 8.58. The van der Waals surface area contributed by atoms with E-state index < -0.39 is 0 Å². The van der Waals surface area contributed by atoms with Gasteiger partial charge in [0.1, 0.15) is 6.42 Å². The minimum absolute atomic E-state index is 0.0161. The summed E-state index contributed by atoms with van der Waals surface area (Å²) in [6.07, 6.45) is 2.20. The van der Waals surface area contributed by atoms with Crippen LogP contribution in [0.4, 0.5) is 0 Å². The summed E-state index contributed by atoms with van der Waals surface area (Å²) in [6.45, 7) is 8.28. The van der Waals surface area contributed by atoms with E-state index in [0.29, 0.717) is 12.5 Å². The van der Waals surface area contributed by atoms with Crippen LogP contribution >= 0.6 is 0 Å².